The number of thioether (sulfide) groups is 1. The maximum absolute atomic E-state index is 7.50. The maximum atomic E-state index is 7.50. The average Bonchev–Trinajstić information content (AvgIpc) is 3.15. The van der Waals surface area contributed by atoms with E-state index in [4.69, 9.17) is 22.4 Å². The second-order valence-electron chi connectivity index (χ2n) is 20.1. The first-order valence-electron chi connectivity index (χ1n) is 17.8. The molecule has 1 aliphatic heterocycles. The van der Waals surface area contributed by atoms with Gasteiger partial charge in [0.25, 0.3) is 0 Å². The molecular formula is C37H74O5SSi4. The van der Waals surface area contributed by atoms with Crippen molar-refractivity contribution in [2.75, 3.05) is 6.61 Å². The minimum atomic E-state index is -2.26. The van der Waals surface area contributed by atoms with Gasteiger partial charge in [0.05, 0.1) is 12.7 Å². The summed E-state index contributed by atoms with van der Waals surface area (Å²) in [7, 11) is -8.81. The largest absolute Gasteiger partial charge is 0.414 e. The summed E-state index contributed by atoms with van der Waals surface area (Å²) < 4.78 is 36.6. The summed E-state index contributed by atoms with van der Waals surface area (Å²) in [5, 5.41) is 0.173. The van der Waals surface area contributed by atoms with Gasteiger partial charge in [0, 0.05) is 4.90 Å². The van der Waals surface area contributed by atoms with Crippen LogP contribution in [0.3, 0.4) is 0 Å². The lowest BCUT2D eigenvalue weighted by Gasteiger charge is -2.46. The predicted octanol–water partition coefficient (Wildman–Crippen LogP) is 12.0. The molecule has 0 aliphatic carbocycles. The van der Waals surface area contributed by atoms with E-state index in [0.29, 0.717) is 6.61 Å². The summed E-state index contributed by atoms with van der Waals surface area (Å²) in [6, 6.07) is 8.76. The van der Waals surface area contributed by atoms with Crippen molar-refractivity contribution in [2.45, 2.75) is 197 Å². The zero-order valence-corrected chi connectivity index (χ0v) is 39.2. The van der Waals surface area contributed by atoms with Crippen LogP contribution in [0.15, 0.2) is 29.2 Å². The van der Waals surface area contributed by atoms with Gasteiger partial charge in [0.2, 0.25) is 0 Å². The highest BCUT2D eigenvalue weighted by atomic mass is 32.2. The Morgan fingerprint density at radius 1 is 0.617 bits per heavy atom. The molecular weight excluding hydrogens is 669 g/mol. The van der Waals surface area contributed by atoms with Crippen molar-refractivity contribution in [3.05, 3.63) is 29.8 Å². The van der Waals surface area contributed by atoms with Gasteiger partial charge in [-0.15, -0.1) is 0 Å². The smallest absolute Gasteiger partial charge is 0.192 e. The second kappa shape index (κ2) is 14.7. The van der Waals surface area contributed by atoms with Crippen LogP contribution in [0.25, 0.3) is 0 Å². The Kier molecular flexibility index (Phi) is 13.6. The lowest BCUT2D eigenvalue weighted by atomic mass is 10.1. The van der Waals surface area contributed by atoms with Crippen LogP contribution in [0.2, 0.25) is 72.5 Å². The minimum absolute atomic E-state index is 0.0225. The van der Waals surface area contributed by atoms with Crippen LogP contribution in [-0.4, -0.2) is 69.7 Å². The van der Waals surface area contributed by atoms with Gasteiger partial charge in [-0.1, -0.05) is 113 Å². The topological polar surface area (TPSA) is 46.2 Å². The van der Waals surface area contributed by atoms with E-state index in [1.54, 1.807) is 11.8 Å². The second-order valence-corrected chi connectivity index (χ2v) is 40.3. The summed E-state index contributed by atoms with van der Waals surface area (Å²) in [5.41, 5.74) is 1.00. The fourth-order valence-corrected chi connectivity index (χ4v) is 10.5. The molecule has 0 bridgehead atoms. The highest BCUT2D eigenvalue weighted by molar-refractivity contribution is 7.99. The Balaban J connectivity index is 2.80. The Morgan fingerprint density at radius 2 is 1.02 bits per heavy atom. The first-order chi connectivity index (χ1) is 20.7. The van der Waals surface area contributed by atoms with E-state index in [1.165, 1.54) is 10.5 Å². The van der Waals surface area contributed by atoms with E-state index in [2.05, 4.69) is 167 Å². The van der Waals surface area contributed by atoms with E-state index < -0.39 is 33.3 Å². The van der Waals surface area contributed by atoms with Crippen molar-refractivity contribution in [2.24, 2.45) is 0 Å². The third-order valence-corrected chi connectivity index (χ3v) is 31.1. The number of hydrogen-bond donors (Lipinski definition) is 0. The Hall–Kier alpha value is 0.238. The fourth-order valence-electron chi connectivity index (χ4n) is 4.35. The SMILES string of the molecule is Cc1ccc(SC2O[C@@H]([C@@H](CO[Si](C)(C)C(C)(C)C)O[Si](C)(C)C(C)(C)C)[C@H](O[Si](C)(C)C(C)(C)C)[C@H]2O[Si](C)(C)C(C)(C)C)cc1. The molecule has 0 aromatic heterocycles. The van der Waals surface area contributed by atoms with Crippen LogP contribution in [0.1, 0.15) is 88.6 Å². The van der Waals surface area contributed by atoms with Crippen molar-refractivity contribution in [1.82, 2.24) is 0 Å². The van der Waals surface area contributed by atoms with Gasteiger partial charge in [-0.25, -0.2) is 0 Å². The molecule has 10 heteroatoms. The minimum Gasteiger partial charge on any atom is -0.414 e. The molecule has 1 aromatic carbocycles. The van der Waals surface area contributed by atoms with Gasteiger partial charge in [-0.2, -0.15) is 0 Å². The van der Waals surface area contributed by atoms with E-state index >= 15 is 0 Å². The van der Waals surface area contributed by atoms with Gasteiger partial charge in [-0.05, 0) is 91.6 Å². The molecule has 0 amide bonds. The molecule has 1 heterocycles. The molecule has 0 N–H and O–H groups in total. The van der Waals surface area contributed by atoms with Gasteiger partial charge < -0.3 is 22.4 Å². The number of ether oxygens (including phenoxy) is 1. The van der Waals surface area contributed by atoms with Crippen molar-refractivity contribution in [3.63, 3.8) is 0 Å². The van der Waals surface area contributed by atoms with E-state index in [0.717, 1.165) is 0 Å². The number of rotatable bonds is 12. The number of aryl methyl sites for hydroxylation is 1. The highest BCUT2D eigenvalue weighted by Gasteiger charge is 2.57. The molecule has 1 saturated heterocycles. The van der Waals surface area contributed by atoms with Crippen LogP contribution in [-0.2, 0) is 22.4 Å². The van der Waals surface area contributed by atoms with E-state index in [9.17, 15) is 0 Å². The summed E-state index contributed by atoms with van der Waals surface area (Å²) in [4.78, 5) is 1.18. The zero-order valence-electron chi connectivity index (χ0n) is 34.4. The van der Waals surface area contributed by atoms with Crippen molar-refractivity contribution < 1.29 is 22.4 Å². The molecule has 1 unspecified atom stereocenters. The monoisotopic (exact) mass is 742 g/mol. The lowest BCUT2D eigenvalue weighted by Crippen LogP contribution is -2.58. The summed E-state index contributed by atoms with van der Waals surface area (Å²) in [6.07, 6.45) is -1.15. The molecule has 5 nitrogen and oxygen atoms in total. The van der Waals surface area contributed by atoms with Gasteiger partial charge in [0.1, 0.15) is 23.7 Å². The van der Waals surface area contributed by atoms with Crippen molar-refractivity contribution in [1.29, 1.82) is 0 Å². The third-order valence-electron chi connectivity index (χ3n) is 12.0. The molecule has 1 aliphatic rings. The van der Waals surface area contributed by atoms with Crippen LogP contribution in [0.4, 0.5) is 0 Å². The van der Waals surface area contributed by atoms with Crippen LogP contribution in [0, 0.1) is 6.92 Å². The summed E-state index contributed by atoms with van der Waals surface area (Å²) >= 11 is 1.76. The van der Waals surface area contributed by atoms with Crippen molar-refractivity contribution in [3.8, 4) is 0 Å². The molecule has 1 aromatic rings. The number of hydrogen-bond acceptors (Lipinski definition) is 6. The zero-order chi connectivity index (χ0) is 36.8. The van der Waals surface area contributed by atoms with E-state index in [-0.39, 0.29) is 50.0 Å². The fraction of sp³-hybridized carbons (Fsp3) is 0.838. The Morgan fingerprint density at radius 3 is 1.43 bits per heavy atom. The summed E-state index contributed by atoms with van der Waals surface area (Å²) in [6.45, 7) is 49.1. The third kappa shape index (κ3) is 10.9. The molecule has 0 spiro atoms. The standard InChI is InChI=1S/C37H74O5SSi4/c1-27-22-24-28(25-23-27)43-33-32(42-47(20,21)37(11,12)13)31(41-46(18,19)36(8,9)10)30(39-33)29(40-45(16,17)35(5,6)7)26-38-44(14,15)34(2,3)4/h22-25,29-33H,26H2,1-21H3/t29-,30+,31+,32-,33?/m1/s1. The van der Waals surface area contributed by atoms with Crippen LogP contribution >= 0.6 is 11.8 Å². The van der Waals surface area contributed by atoms with Gasteiger partial charge in [0.15, 0.2) is 33.3 Å². The highest BCUT2D eigenvalue weighted by Crippen LogP contribution is 2.48. The number of benzene rings is 1. The maximum Gasteiger partial charge on any atom is 0.192 e. The molecule has 0 radical (unpaired) electrons. The quantitative estimate of drug-likeness (QED) is 0.199. The lowest BCUT2D eigenvalue weighted by molar-refractivity contribution is -0.0595. The van der Waals surface area contributed by atoms with E-state index in [1.807, 2.05) is 0 Å². The average molecular weight is 743 g/mol. The van der Waals surface area contributed by atoms with Crippen LogP contribution in [0.5, 0.6) is 0 Å². The van der Waals surface area contributed by atoms with Gasteiger partial charge in [-0.3, -0.25) is 0 Å². The normalized spacial score (nSPS) is 23.3. The molecule has 2 rings (SSSR count). The summed E-state index contributed by atoms with van der Waals surface area (Å²) in [5.74, 6) is 0. The predicted molar refractivity (Wildman–Crippen MR) is 215 cm³/mol. The van der Waals surface area contributed by atoms with Crippen LogP contribution < -0.4 is 0 Å². The first kappa shape index (κ1) is 43.4. The van der Waals surface area contributed by atoms with Crippen molar-refractivity contribution >= 4 is 45.0 Å². The Bertz CT molecular complexity index is 1160. The van der Waals surface area contributed by atoms with Gasteiger partial charge >= 0.3 is 0 Å². The molecule has 274 valence electrons. The molecule has 47 heavy (non-hydrogen) atoms. The molecule has 5 atom stereocenters. The molecule has 0 saturated carbocycles. The first-order valence-corrected chi connectivity index (χ1v) is 30.3. The molecule has 1 fully saturated rings. The Labute approximate surface area is 299 Å².